The molecule has 1 aliphatic rings. The fourth-order valence-corrected chi connectivity index (χ4v) is 5.74. The quantitative estimate of drug-likeness (QED) is 0.601. The number of aliphatic hydroxyl groups is 1. The first-order valence-electron chi connectivity index (χ1n) is 10.9. The molecule has 0 unspecified atom stereocenters. The molecule has 1 heterocycles. The van der Waals surface area contributed by atoms with Crippen LogP contribution in [0.3, 0.4) is 0 Å². The lowest BCUT2D eigenvalue weighted by Crippen LogP contribution is -2.44. The van der Waals surface area contributed by atoms with Gasteiger partial charge in [-0.15, -0.1) is 0 Å². The Morgan fingerprint density at radius 2 is 1.61 bits per heavy atom. The Kier molecular flexibility index (Phi) is 6.60. The third kappa shape index (κ3) is 5.09. The Morgan fingerprint density at radius 1 is 0.935 bits per heavy atom. The fraction of sp³-hybridized carbons (Fsp3) is 0.360. The van der Waals surface area contributed by atoms with Crippen LogP contribution >= 0.6 is 0 Å². The number of fused-ring (bicyclic) bond motifs is 1. The number of aryl methyl sites for hydroxylation is 1. The van der Waals surface area contributed by atoms with Gasteiger partial charge in [0.1, 0.15) is 0 Å². The molecule has 1 atom stereocenters. The van der Waals surface area contributed by atoms with Crippen molar-refractivity contribution in [2.24, 2.45) is 0 Å². The van der Waals surface area contributed by atoms with Crippen LogP contribution in [0.5, 0.6) is 0 Å². The van der Waals surface area contributed by atoms with E-state index in [-0.39, 0.29) is 11.4 Å². The number of anilines is 1. The summed E-state index contributed by atoms with van der Waals surface area (Å²) < 4.78 is 28.7. The van der Waals surface area contributed by atoms with E-state index in [1.807, 2.05) is 61.5 Å². The Balaban J connectivity index is 1.65. The molecule has 0 aromatic heterocycles. The van der Waals surface area contributed by atoms with E-state index in [4.69, 9.17) is 0 Å². The third-order valence-electron chi connectivity index (χ3n) is 5.93. The van der Waals surface area contributed by atoms with Gasteiger partial charge in [0.15, 0.2) is 0 Å². The Labute approximate surface area is 185 Å². The first kappa shape index (κ1) is 21.8. The zero-order chi connectivity index (χ0) is 21.8. The summed E-state index contributed by atoms with van der Waals surface area (Å²) in [5.41, 5.74) is 1.62. The number of likely N-dealkylation sites (tertiary alicyclic amines) is 1. The van der Waals surface area contributed by atoms with Crippen molar-refractivity contribution in [2.45, 2.75) is 37.2 Å². The summed E-state index contributed by atoms with van der Waals surface area (Å²) in [6, 6.07) is 20.3. The second-order valence-electron chi connectivity index (χ2n) is 8.40. The van der Waals surface area contributed by atoms with Crippen LogP contribution in [0.2, 0.25) is 0 Å². The number of hydrogen-bond donors (Lipinski definition) is 1. The fourth-order valence-electron chi connectivity index (χ4n) is 4.20. The molecular formula is C25H30N2O3S. The highest BCUT2D eigenvalue weighted by Crippen LogP contribution is 2.27. The highest BCUT2D eigenvalue weighted by Gasteiger charge is 2.28. The number of hydrogen-bond acceptors (Lipinski definition) is 4. The van der Waals surface area contributed by atoms with Gasteiger partial charge in [-0.2, -0.15) is 0 Å². The van der Waals surface area contributed by atoms with Gasteiger partial charge >= 0.3 is 0 Å². The van der Waals surface area contributed by atoms with Crippen molar-refractivity contribution >= 4 is 26.5 Å². The summed E-state index contributed by atoms with van der Waals surface area (Å²) in [6.07, 6.45) is 2.71. The predicted octanol–water partition coefficient (Wildman–Crippen LogP) is 4.19. The second-order valence-corrected chi connectivity index (χ2v) is 10.3. The molecule has 3 aromatic carbocycles. The van der Waals surface area contributed by atoms with Gasteiger partial charge in [0.05, 0.1) is 23.2 Å². The lowest BCUT2D eigenvalue weighted by molar-refractivity contribution is 0.107. The first-order valence-corrected chi connectivity index (χ1v) is 12.4. The summed E-state index contributed by atoms with van der Waals surface area (Å²) in [4.78, 5) is 2.46. The summed E-state index contributed by atoms with van der Waals surface area (Å²) >= 11 is 0. The van der Waals surface area contributed by atoms with E-state index in [2.05, 4.69) is 4.90 Å². The van der Waals surface area contributed by atoms with Crippen LogP contribution in [0.15, 0.2) is 71.6 Å². The number of benzene rings is 3. The van der Waals surface area contributed by atoms with Gasteiger partial charge in [-0.05, 0) is 67.9 Å². The Morgan fingerprint density at radius 3 is 2.32 bits per heavy atom. The normalized spacial score (nSPS) is 16.3. The third-order valence-corrected chi connectivity index (χ3v) is 7.71. The van der Waals surface area contributed by atoms with Crippen LogP contribution in [-0.2, 0) is 10.0 Å². The Hall–Kier alpha value is -2.41. The number of rotatable bonds is 7. The molecule has 0 amide bonds. The van der Waals surface area contributed by atoms with E-state index in [1.54, 1.807) is 12.1 Å². The van der Waals surface area contributed by atoms with E-state index < -0.39 is 16.1 Å². The average Bonchev–Trinajstić information content (AvgIpc) is 2.78. The van der Waals surface area contributed by atoms with Gasteiger partial charge in [-0.1, -0.05) is 54.4 Å². The zero-order valence-electron chi connectivity index (χ0n) is 17.9. The van der Waals surface area contributed by atoms with Gasteiger partial charge in [-0.25, -0.2) is 8.42 Å². The maximum absolute atomic E-state index is 13.7. The minimum atomic E-state index is -3.84. The minimum absolute atomic E-state index is 0.0225. The van der Waals surface area contributed by atoms with Crippen molar-refractivity contribution in [3.63, 3.8) is 0 Å². The van der Waals surface area contributed by atoms with Crippen LogP contribution in [0, 0.1) is 6.92 Å². The van der Waals surface area contributed by atoms with Crippen molar-refractivity contribution in [3.8, 4) is 0 Å². The molecule has 6 heteroatoms. The number of β-amino-alcohol motifs (C(OH)–C–C–N with tert-alkyl or cyclic N) is 1. The van der Waals surface area contributed by atoms with Crippen molar-refractivity contribution in [3.05, 3.63) is 72.3 Å². The maximum Gasteiger partial charge on any atom is 0.264 e. The van der Waals surface area contributed by atoms with E-state index in [9.17, 15) is 13.5 Å². The van der Waals surface area contributed by atoms with Crippen molar-refractivity contribution < 1.29 is 13.5 Å². The molecule has 0 bridgehead atoms. The number of aliphatic hydroxyl groups excluding tert-OH is 1. The van der Waals surface area contributed by atoms with E-state index in [1.165, 1.54) is 10.7 Å². The average molecular weight is 439 g/mol. The van der Waals surface area contributed by atoms with Gasteiger partial charge in [0.2, 0.25) is 0 Å². The molecule has 1 saturated heterocycles. The Bertz CT molecular complexity index is 1120. The lowest BCUT2D eigenvalue weighted by Gasteiger charge is -2.31. The SMILES string of the molecule is Cc1ccc(N(C[C@@H](O)CN2CCCCC2)S(=O)(=O)c2ccc3ccccc3c2)cc1. The molecule has 1 N–H and O–H groups in total. The molecule has 3 aromatic rings. The minimum Gasteiger partial charge on any atom is -0.390 e. The first-order chi connectivity index (χ1) is 14.9. The largest absolute Gasteiger partial charge is 0.390 e. The summed E-state index contributed by atoms with van der Waals surface area (Å²) in [5.74, 6) is 0. The highest BCUT2D eigenvalue weighted by atomic mass is 32.2. The van der Waals surface area contributed by atoms with Crippen LogP contribution in [-0.4, -0.2) is 50.7 Å². The smallest absolute Gasteiger partial charge is 0.264 e. The highest BCUT2D eigenvalue weighted by molar-refractivity contribution is 7.92. The summed E-state index contributed by atoms with van der Waals surface area (Å²) in [7, 11) is -3.84. The zero-order valence-corrected chi connectivity index (χ0v) is 18.8. The molecule has 0 spiro atoms. The van der Waals surface area contributed by atoms with Gasteiger partial charge in [0, 0.05) is 6.54 Å². The van der Waals surface area contributed by atoms with Gasteiger partial charge < -0.3 is 10.0 Å². The van der Waals surface area contributed by atoms with Crippen LogP contribution < -0.4 is 4.31 Å². The van der Waals surface area contributed by atoms with E-state index in [0.717, 1.165) is 42.3 Å². The van der Waals surface area contributed by atoms with Gasteiger partial charge in [-0.3, -0.25) is 4.31 Å². The van der Waals surface area contributed by atoms with Crippen molar-refractivity contribution in [2.75, 3.05) is 30.5 Å². The lowest BCUT2D eigenvalue weighted by atomic mass is 10.1. The predicted molar refractivity (Wildman–Crippen MR) is 126 cm³/mol. The van der Waals surface area contributed by atoms with Crippen molar-refractivity contribution in [1.82, 2.24) is 4.90 Å². The molecule has 5 nitrogen and oxygen atoms in total. The second kappa shape index (κ2) is 9.39. The molecule has 0 saturated carbocycles. The number of nitrogens with zero attached hydrogens (tertiary/aromatic N) is 2. The monoisotopic (exact) mass is 438 g/mol. The molecule has 4 rings (SSSR count). The summed E-state index contributed by atoms with van der Waals surface area (Å²) in [5, 5.41) is 12.7. The number of piperidine rings is 1. The standard InChI is InChI=1S/C25H30N2O3S/c1-20-9-12-23(13-10-20)27(19-24(28)18-26-15-5-2-6-16-26)31(29,30)25-14-11-21-7-3-4-8-22(21)17-25/h3-4,7-14,17,24,28H,2,5-6,15-16,18-19H2,1H3/t24-/m0/s1. The van der Waals surface area contributed by atoms with Crippen LogP contribution in [0.4, 0.5) is 5.69 Å². The number of sulfonamides is 1. The van der Waals surface area contributed by atoms with E-state index >= 15 is 0 Å². The van der Waals surface area contributed by atoms with E-state index in [0.29, 0.717) is 12.2 Å². The molecular weight excluding hydrogens is 408 g/mol. The van der Waals surface area contributed by atoms with Gasteiger partial charge in [0.25, 0.3) is 10.0 Å². The maximum atomic E-state index is 13.7. The summed E-state index contributed by atoms with van der Waals surface area (Å²) in [6.45, 7) is 4.39. The van der Waals surface area contributed by atoms with Crippen LogP contribution in [0.25, 0.3) is 10.8 Å². The van der Waals surface area contributed by atoms with Crippen LogP contribution in [0.1, 0.15) is 24.8 Å². The molecule has 0 radical (unpaired) electrons. The molecule has 1 aliphatic heterocycles. The molecule has 0 aliphatic carbocycles. The topological polar surface area (TPSA) is 60.9 Å². The molecule has 164 valence electrons. The molecule has 1 fully saturated rings. The van der Waals surface area contributed by atoms with Crippen molar-refractivity contribution in [1.29, 1.82) is 0 Å². The molecule has 31 heavy (non-hydrogen) atoms.